The Bertz CT molecular complexity index is 1050. The quantitative estimate of drug-likeness (QED) is 0.279. The SMILES string of the molecule is CCOC(=O)C(C)=[P+]1CCCCCCC(c2ccccc2)C1(c1ccccc1)c1ccccc1. The number of hydrogen-bond acceptors (Lipinski definition) is 2. The molecule has 0 N–H and O–H groups in total. The van der Waals surface area contributed by atoms with Crippen LogP contribution in [0.3, 0.4) is 0 Å². The van der Waals surface area contributed by atoms with Gasteiger partial charge in [-0.05, 0) is 31.7 Å². The first kappa shape index (κ1) is 24.4. The Labute approximate surface area is 205 Å². The summed E-state index contributed by atoms with van der Waals surface area (Å²) < 4.78 is 5.61. The van der Waals surface area contributed by atoms with Crippen molar-refractivity contribution >= 4 is 18.8 Å². The fourth-order valence-corrected chi connectivity index (χ4v) is 9.30. The highest BCUT2D eigenvalue weighted by Gasteiger charge is 2.55. The molecular weight excluding hydrogens is 435 g/mol. The second kappa shape index (κ2) is 11.6. The maximum Gasteiger partial charge on any atom is 0.376 e. The molecule has 3 heteroatoms. The van der Waals surface area contributed by atoms with Crippen LogP contribution in [0.4, 0.5) is 0 Å². The van der Waals surface area contributed by atoms with Crippen LogP contribution in [0.5, 0.6) is 0 Å². The summed E-state index contributed by atoms with van der Waals surface area (Å²) >= 11 is 0. The number of benzene rings is 3. The molecule has 1 fully saturated rings. The molecule has 0 aromatic heterocycles. The molecule has 2 unspecified atom stereocenters. The van der Waals surface area contributed by atoms with Gasteiger partial charge in [0, 0.05) is 24.0 Å². The fourth-order valence-electron chi connectivity index (χ4n) is 5.68. The van der Waals surface area contributed by atoms with Gasteiger partial charge in [0.2, 0.25) is 5.29 Å². The third-order valence-corrected chi connectivity index (χ3v) is 10.6. The highest BCUT2D eigenvalue weighted by Crippen LogP contribution is 2.63. The van der Waals surface area contributed by atoms with E-state index < -0.39 is 7.55 Å². The topological polar surface area (TPSA) is 26.3 Å². The van der Waals surface area contributed by atoms with E-state index in [2.05, 4.69) is 91.0 Å². The summed E-state index contributed by atoms with van der Waals surface area (Å²) in [6.45, 7) is 4.35. The zero-order chi connectivity index (χ0) is 23.8. The van der Waals surface area contributed by atoms with Gasteiger partial charge in [-0.15, -0.1) is 0 Å². The van der Waals surface area contributed by atoms with Crippen molar-refractivity contribution in [3.63, 3.8) is 0 Å². The second-order valence-corrected chi connectivity index (χ2v) is 11.8. The first-order valence-electron chi connectivity index (χ1n) is 12.6. The van der Waals surface area contributed by atoms with Crippen LogP contribution in [0.1, 0.15) is 68.6 Å². The van der Waals surface area contributed by atoms with Crippen LogP contribution < -0.4 is 0 Å². The smallest absolute Gasteiger partial charge is 0.376 e. The number of hydrogen-bond donors (Lipinski definition) is 0. The van der Waals surface area contributed by atoms with E-state index in [4.69, 9.17) is 4.74 Å². The summed E-state index contributed by atoms with van der Waals surface area (Å²) in [4.78, 5) is 13.3. The van der Waals surface area contributed by atoms with Gasteiger partial charge in [-0.25, -0.2) is 4.79 Å². The standard InChI is InChI=1S/C31H36O2P/c1-3-33-30(32)25(2)34-24-16-5-4-15-23-29(26-17-9-6-10-18-26)31(34,27-19-11-7-12-20-27)28-21-13-8-14-22-28/h6-14,17-22,29H,3-5,15-16,23-24H2,1-2H3/q+1. The number of carbonyl (C=O) groups is 1. The molecule has 2 atom stereocenters. The number of rotatable bonds is 5. The van der Waals surface area contributed by atoms with E-state index in [1.165, 1.54) is 36.0 Å². The number of esters is 1. The lowest BCUT2D eigenvalue weighted by atomic mass is 9.74. The molecular formula is C31H36O2P+. The van der Waals surface area contributed by atoms with Gasteiger partial charge in [0.05, 0.1) is 6.61 Å². The van der Waals surface area contributed by atoms with Gasteiger partial charge in [-0.2, -0.15) is 0 Å². The molecule has 2 nitrogen and oxygen atoms in total. The first-order valence-corrected chi connectivity index (χ1v) is 14.2. The zero-order valence-corrected chi connectivity index (χ0v) is 21.3. The molecule has 1 heterocycles. The summed E-state index contributed by atoms with van der Waals surface area (Å²) in [6, 6.07) is 33.0. The van der Waals surface area contributed by atoms with Gasteiger partial charge in [-0.1, -0.05) is 104 Å². The van der Waals surface area contributed by atoms with Crippen molar-refractivity contribution in [2.75, 3.05) is 12.8 Å². The van der Waals surface area contributed by atoms with Gasteiger partial charge in [0.1, 0.15) is 13.7 Å². The maximum absolute atomic E-state index is 13.3. The molecule has 0 spiro atoms. The summed E-state index contributed by atoms with van der Waals surface area (Å²) in [7, 11) is -0.866. The lowest BCUT2D eigenvalue weighted by molar-refractivity contribution is -0.134. The summed E-state index contributed by atoms with van der Waals surface area (Å²) in [5, 5.41) is 0.604. The highest BCUT2D eigenvalue weighted by atomic mass is 31.1. The Morgan fingerprint density at radius 2 is 1.35 bits per heavy atom. The summed E-state index contributed by atoms with van der Waals surface area (Å²) in [5.41, 5.74) is 3.99. The number of carbonyl (C=O) groups excluding carboxylic acids is 1. The molecule has 1 aliphatic rings. The van der Waals surface area contributed by atoms with Crippen molar-refractivity contribution < 1.29 is 9.53 Å². The minimum atomic E-state index is -0.866. The third kappa shape index (κ3) is 4.89. The Kier molecular flexibility index (Phi) is 8.35. The van der Waals surface area contributed by atoms with Gasteiger partial charge in [0.25, 0.3) is 0 Å². The normalized spacial score (nSPS) is 19.9. The largest absolute Gasteiger partial charge is 0.460 e. The molecule has 1 aliphatic heterocycles. The van der Waals surface area contributed by atoms with E-state index >= 15 is 0 Å². The van der Waals surface area contributed by atoms with Crippen molar-refractivity contribution in [3.8, 4) is 0 Å². The Hall–Kier alpha value is -2.70. The van der Waals surface area contributed by atoms with Crippen LogP contribution in [-0.4, -0.2) is 24.0 Å². The van der Waals surface area contributed by atoms with Crippen LogP contribution >= 0.6 is 7.55 Å². The predicted octanol–water partition coefficient (Wildman–Crippen LogP) is 7.92. The van der Waals surface area contributed by atoms with Crippen LogP contribution in [0.25, 0.3) is 0 Å². The van der Waals surface area contributed by atoms with Crippen molar-refractivity contribution in [1.29, 1.82) is 0 Å². The lowest BCUT2D eigenvalue weighted by Gasteiger charge is -2.38. The third-order valence-electron chi connectivity index (χ3n) is 7.16. The van der Waals surface area contributed by atoms with E-state index in [0.717, 1.165) is 24.3 Å². The number of ether oxygens (including phenoxy) is 1. The van der Waals surface area contributed by atoms with Crippen LogP contribution in [0.15, 0.2) is 91.0 Å². The zero-order valence-electron chi connectivity index (χ0n) is 20.5. The van der Waals surface area contributed by atoms with E-state index in [1.54, 1.807) is 0 Å². The Morgan fingerprint density at radius 3 is 1.91 bits per heavy atom. The molecule has 3 aromatic carbocycles. The van der Waals surface area contributed by atoms with E-state index in [1.807, 2.05) is 13.8 Å². The van der Waals surface area contributed by atoms with E-state index in [0.29, 0.717) is 6.61 Å². The molecule has 0 aliphatic carbocycles. The molecule has 176 valence electrons. The maximum atomic E-state index is 13.3. The average Bonchev–Trinajstić information content (AvgIpc) is 2.99. The van der Waals surface area contributed by atoms with Crippen molar-refractivity contribution in [3.05, 3.63) is 108 Å². The average molecular weight is 472 g/mol. The fraction of sp³-hybridized carbons (Fsp3) is 0.355. The molecule has 1 saturated heterocycles. The van der Waals surface area contributed by atoms with Crippen molar-refractivity contribution in [2.45, 2.75) is 57.0 Å². The Balaban J connectivity index is 2.13. The van der Waals surface area contributed by atoms with Gasteiger partial charge in [0.15, 0.2) is 5.16 Å². The highest BCUT2D eigenvalue weighted by molar-refractivity contribution is 7.62. The minimum Gasteiger partial charge on any atom is -0.460 e. The molecule has 0 amide bonds. The lowest BCUT2D eigenvalue weighted by Crippen LogP contribution is -2.35. The second-order valence-electron chi connectivity index (χ2n) is 9.12. The molecule has 0 saturated carbocycles. The minimum absolute atomic E-state index is 0.129. The van der Waals surface area contributed by atoms with E-state index in [9.17, 15) is 4.79 Å². The first-order chi connectivity index (χ1) is 16.7. The Morgan fingerprint density at radius 1 is 0.824 bits per heavy atom. The van der Waals surface area contributed by atoms with Gasteiger partial charge < -0.3 is 4.74 Å². The van der Waals surface area contributed by atoms with E-state index in [-0.39, 0.29) is 17.0 Å². The monoisotopic (exact) mass is 471 g/mol. The predicted molar refractivity (Wildman–Crippen MR) is 145 cm³/mol. The molecule has 0 bridgehead atoms. The molecule has 3 aromatic rings. The van der Waals surface area contributed by atoms with Gasteiger partial charge >= 0.3 is 5.97 Å². The van der Waals surface area contributed by atoms with Crippen LogP contribution in [0, 0.1) is 0 Å². The van der Waals surface area contributed by atoms with Crippen LogP contribution in [0.2, 0.25) is 0 Å². The molecule has 4 rings (SSSR count). The summed E-state index contributed by atoms with van der Waals surface area (Å²) in [6.07, 6.45) is 6.94. The summed E-state index contributed by atoms with van der Waals surface area (Å²) in [5.74, 6) is 0.142. The molecule has 0 radical (unpaired) electrons. The van der Waals surface area contributed by atoms with Crippen LogP contribution in [-0.2, 0) is 14.7 Å². The van der Waals surface area contributed by atoms with Gasteiger partial charge in [-0.3, -0.25) is 0 Å². The molecule has 34 heavy (non-hydrogen) atoms. The van der Waals surface area contributed by atoms with Crippen molar-refractivity contribution in [1.82, 2.24) is 0 Å². The van der Waals surface area contributed by atoms with Crippen molar-refractivity contribution in [2.24, 2.45) is 0 Å².